The number of halogens is 1. The maximum atomic E-state index is 10.5. The van der Waals surface area contributed by atoms with E-state index in [1.165, 1.54) is 10.6 Å². The molecule has 0 bridgehead atoms. The number of pyridine rings is 1. The highest BCUT2D eigenvalue weighted by Gasteiger charge is 2.12. The summed E-state index contributed by atoms with van der Waals surface area (Å²) < 4.78 is 2.20. The standard InChI is InChI=1S/C7H4BrN3O2/c8-5-1-2-6-9-3-7(11(12)13)10(6)4-5/h1-4H. The van der Waals surface area contributed by atoms with E-state index in [-0.39, 0.29) is 5.82 Å². The molecule has 0 aliphatic heterocycles. The minimum absolute atomic E-state index is 0.0312. The molecule has 2 heterocycles. The van der Waals surface area contributed by atoms with Crippen molar-refractivity contribution in [3.8, 4) is 0 Å². The molecule has 0 atom stereocenters. The Hall–Kier alpha value is -1.43. The molecule has 0 N–H and O–H groups in total. The van der Waals surface area contributed by atoms with Crippen LogP contribution in [0.2, 0.25) is 0 Å². The fourth-order valence-corrected chi connectivity index (χ4v) is 1.41. The molecule has 2 aromatic heterocycles. The van der Waals surface area contributed by atoms with E-state index in [0.29, 0.717) is 5.65 Å². The van der Waals surface area contributed by atoms with Gasteiger partial charge in [-0.1, -0.05) is 0 Å². The van der Waals surface area contributed by atoms with Gasteiger partial charge in [0.1, 0.15) is 12.4 Å². The zero-order valence-corrected chi connectivity index (χ0v) is 7.93. The molecule has 5 nitrogen and oxygen atoms in total. The average Bonchev–Trinajstić information content (AvgIpc) is 2.46. The lowest BCUT2D eigenvalue weighted by molar-refractivity contribution is -0.390. The summed E-state index contributed by atoms with van der Waals surface area (Å²) in [5.74, 6) is -0.0312. The van der Waals surface area contributed by atoms with E-state index in [1.807, 2.05) is 0 Å². The van der Waals surface area contributed by atoms with E-state index in [1.54, 1.807) is 18.3 Å². The van der Waals surface area contributed by atoms with Crippen LogP contribution < -0.4 is 0 Å². The number of aromatic nitrogens is 2. The fourth-order valence-electron chi connectivity index (χ4n) is 1.08. The normalized spacial score (nSPS) is 10.5. The molecule has 0 amide bonds. The zero-order chi connectivity index (χ0) is 9.42. The smallest absolute Gasteiger partial charge is 0.347 e. The molecule has 2 aromatic rings. The number of imidazole rings is 1. The van der Waals surface area contributed by atoms with Gasteiger partial charge in [-0.3, -0.25) is 0 Å². The molecule has 0 spiro atoms. The van der Waals surface area contributed by atoms with E-state index in [2.05, 4.69) is 20.9 Å². The van der Waals surface area contributed by atoms with Crippen molar-refractivity contribution in [2.75, 3.05) is 0 Å². The van der Waals surface area contributed by atoms with Gasteiger partial charge < -0.3 is 10.1 Å². The lowest BCUT2D eigenvalue weighted by Gasteiger charge is -1.92. The van der Waals surface area contributed by atoms with Gasteiger partial charge in [0, 0.05) is 6.07 Å². The second-order valence-corrected chi connectivity index (χ2v) is 3.36. The van der Waals surface area contributed by atoms with E-state index in [4.69, 9.17) is 0 Å². The van der Waals surface area contributed by atoms with Crippen molar-refractivity contribution in [2.45, 2.75) is 0 Å². The summed E-state index contributed by atoms with van der Waals surface area (Å²) in [6, 6.07) is 3.49. The van der Waals surface area contributed by atoms with E-state index in [0.717, 1.165) is 4.47 Å². The van der Waals surface area contributed by atoms with Crippen LogP contribution in [0.25, 0.3) is 5.65 Å². The van der Waals surface area contributed by atoms with Gasteiger partial charge in [0.05, 0.1) is 4.47 Å². The molecule has 0 aromatic carbocycles. The van der Waals surface area contributed by atoms with Crippen molar-refractivity contribution in [3.05, 3.63) is 39.1 Å². The predicted octanol–water partition coefficient (Wildman–Crippen LogP) is 2.00. The number of hydrogen-bond donors (Lipinski definition) is 0. The number of fused-ring (bicyclic) bond motifs is 1. The van der Waals surface area contributed by atoms with Crippen LogP contribution in [0.5, 0.6) is 0 Å². The third-order valence-corrected chi connectivity index (χ3v) is 2.11. The van der Waals surface area contributed by atoms with Gasteiger partial charge in [-0.25, -0.2) is 4.98 Å². The van der Waals surface area contributed by atoms with Gasteiger partial charge in [0.2, 0.25) is 5.65 Å². The topological polar surface area (TPSA) is 60.4 Å². The van der Waals surface area contributed by atoms with Crippen LogP contribution in [0, 0.1) is 10.1 Å². The second-order valence-electron chi connectivity index (χ2n) is 2.45. The molecule has 0 saturated heterocycles. The van der Waals surface area contributed by atoms with E-state index in [9.17, 15) is 10.1 Å². The van der Waals surface area contributed by atoms with Gasteiger partial charge in [-0.15, -0.1) is 0 Å². The fraction of sp³-hybridized carbons (Fsp3) is 0. The van der Waals surface area contributed by atoms with Gasteiger partial charge in [-0.2, -0.15) is 4.40 Å². The van der Waals surface area contributed by atoms with E-state index < -0.39 is 4.92 Å². The monoisotopic (exact) mass is 241 g/mol. The van der Waals surface area contributed by atoms with Crippen molar-refractivity contribution in [3.63, 3.8) is 0 Å². The first kappa shape index (κ1) is 8.18. The molecule has 0 aliphatic rings. The Morgan fingerprint density at radius 1 is 1.54 bits per heavy atom. The number of nitro groups is 1. The average molecular weight is 242 g/mol. The minimum atomic E-state index is -0.466. The molecule has 0 radical (unpaired) electrons. The van der Waals surface area contributed by atoms with Crippen molar-refractivity contribution in [2.24, 2.45) is 0 Å². The van der Waals surface area contributed by atoms with Crippen molar-refractivity contribution < 1.29 is 4.92 Å². The van der Waals surface area contributed by atoms with Crippen molar-refractivity contribution in [1.82, 2.24) is 9.38 Å². The molecule has 13 heavy (non-hydrogen) atoms. The zero-order valence-electron chi connectivity index (χ0n) is 6.35. The number of hydrogen-bond acceptors (Lipinski definition) is 3. The summed E-state index contributed by atoms with van der Waals surface area (Å²) in [6.07, 6.45) is 2.85. The second kappa shape index (κ2) is 2.81. The molecule has 0 fully saturated rings. The lowest BCUT2D eigenvalue weighted by atomic mass is 10.5. The highest BCUT2D eigenvalue weighted by atomic mass is 79.9. The van der Waals surface area contributed by atoms with E-state index >= 15 is 0 Å². The van der Waals surface area contributed by atoms with Crippen molar-refractivity contribution >= 4 is 27.4 Å². The Morgan fingerprint density at radius 2 is 2.31 bits per heavy atom. The Bertz CT molecular complexity index is 480. The predicted molar refractivity (Wildman–Crippen MR) is 49.5 cm³/mol. The first-order valence-corrected chi connectivity index (χ1v) is 4.25. The van der Waals surface area contributed by atoms with Crippen LogP contribution in [0.1, 0.15) is 0 Å². The van der Waals surface area contributed by atoms with Crippen LogP contribution in [0.4, 0.5) is 5.82 Å². The molecule has 66 valence electrons. The summed E-state index contributed by atoms with van der Waals surface area (Å²) >= 11 is 3.23. The summed E-state index contributed by atoms with van der Waals surface area (Å²) in [7, 11) is 0. The van der Waals surface area contributed by atoms with Gasteiger partial charge in [-0.05, 0) is 26.9 Å². The number of nitrogens with zero attached hydrogens (tertiary/aromatic N) is 3. The van der Waals surface area contributed by atoms with Crippen LogP contribution in [0.3, 0.4) is 0 Å². The maximum Gasteiger partial charge on any atom is 0.347 e. The molecule has 0 unspecified atom stereocenters. The number of rotatable bonds is 1. The molecule has 2 rings (SSSR count). The van der Waals surface area contributed by atoms with Crippen LogP contribution in [0.15, 0.2) is 29.0 Å². The summed E-state index contributed by atoms with van der Waals surface area (Å²) in [4.78, 5) is 13.9. The largest absolute Gasteiger partial charge is 0.358 e. The van der Waals surface area contributed by atoms with Crippen LogP contribution >= 0.6 is 15.9 Å². The molecule has 0 aliphatic carbocycles. The lowest BCUT2D eigenvalue weighted by Crippen LogP contribution is -1.93. The highest BCUT2D eigenvalue weighted by molar-refractivity contribution is 9.10. The Kier molecular flexibility index (Phi) is 1.77. The van der Waals surface area contributed by atoms with Crippen molar-refractivity contribution in [1.29, 1.82) is 0 Å². The summed E-state index contributed by atoms with van der Waals surface area (Å²) in [6.45, 7) is 0. The first-order valence-electron chi connectivity index (χ1n) is 3.45. The third kappa shape index (κ3) is 1.29. The minimum Gasteiger partial charge on any atom is -0.358 e. The third-order valence-electron chi connectivity index (χ3n) is 1.64. The summed E-state index contributed by atoms with van der Waals surface area (Å²) in [5, 5.41) is 10.5. The Balaban J connectivity index is 2.79. The van der Waals surface area contributed by atoms with Gasteiger partial charge in [0.15, 0.2) is 0 Å². The molecular weight excluding hydrogens is 238 g/mol. The Morgan fingerprint density at radius 3 is 3.00 bits per heavy atom. The molecule has 0 saturated carbocycles. The SMILES string of the molecule is O=[N+]([O-])c1cnc2ccc(Br)cn12. The quantitative estimate of drug-likeness (QED) is 0.567. The molecule has 6 heteroatoms. The van der Waals surface area contributed by atoms with Crippen LogP contribution in [-0.2, 0) is 0 Å². The highest BCUT2D eigenvalue weighted by Crippen LogP contribution is 2.17. The molecular formula is C7H4BrN3O2. The Labute approximate surface area is 81.3 Å². The maximum absolute atomic E-state index is 10.5. The first-order chi connectivity index (χ1) is 6.18. The summed E-state index contributed by atoms with van der Waals surface area (Å²) in [5.41, 5.74) is 0.565. The van der Waals surface area contributed by atoms with Crippen LogP contribution in [-0.4, -0.2) is 14.3 Å². The van der Waals surface area contributed by atoms with Gasteiger partial charge in [0.25, 0.3) is 0 Å². The van der Waals surface area contributed by atoms with Gasteiger partial charge >= 0.3 is 5.82 Å².